The standard InChI is InChI=1S/C15H19FN2O.C12H14F3NO/c1-10-6-13-12-4-2-3-5-14(12)17-15(13)8-18(10)7-11(16)9-19;13-6-9-7-16(8-9)1-2-17-12-4-10(14)3-11(15)5-12/h2-5,10-11,17,19H,6-9H2,1H3;3-5,9H,1-2,6-8H2. The molecule has 0 amide bonds. The summed E-state index contributed by atoms with van der Waals surface area (Å²) in [6.45, 7) is 4.92. The highest BCUT2D eigenvalue weighted by atomic mass is 19.1. The number of hydrogen-bond donors (Lipinski definition) is 2. The molecule has 5 nitrogen and oxygen atoms in total. The zero-order valence-corrected chi connectivity index (χ0v) is 20.4. The molecule has 1 fully saturated rings. The molecule has 2 aliphatic rings. The number of aromatic amines is 1. The van der Waals surface area contributed by atoms with Gasteiger partial charge in [-0.15, -0.1) is 0 Å². The van der Waals surface area contributed by atoms with Gasteiger partial charge in [0.1, 0.15) is 30.2 Å². The van der Waals surface area contributed by atoms with Crippen LogP contribution in [0.2, 0.25) is 0 Å². The van der Waals surface area contributed by atoms with E-state index in [4.69, 9.17) is 9.84 Å². The monoisotopic (exact) mass is 507 g/mol. The van der Waals surface area contributed by atoms with E-state index in [1.54, 1.807) is 0 Å². The molecule has 0 aliphatic carbocycles. The molecule has 1 aromatic heterocycles. The summed E-state index contributed by atoms with van der Waals surface area (Å²) in [6.07, 6.45) is -0.231. The van der Waals surface area contributed by atoms with E-state index in [9.17, 15) is 17.6 Å². The third kappa shape index (κ3) is 6.57. The van der Waals surface area contributed by atoms with E-state index in [0.717, 1.165) is 49.8 Å². The molecular weight excluding hydrogens is 474 g/mol. The molecule has 3 aromatic rings. The first kappa shape index (κ1) is 26.4. The molecular formula is C27H33F4N3O2. The summed E-state index contributed by atoms with van der Waals surface area (Å²) in [4.78, 5) is 7.57. The Morgan fingerprint density at radius 3 is 2.56 bits per heavy atom. The fraction of sp³-hybridized carbons (Fsp3) is 0.481. The van der Waals surface area contributed by atoms with Crippen molar-refractivity contribution in [2.45, 2.75) is 32.1 Å². The Balaban J connectivity index is 0.000000170. The van der Waals surface area contributed by atoms with Gasteiger partial charge >= 0.3 is 0 Å². The van der Waals surface area contributed by atoms with Crippen LogP contribution < -0.4 is 4.74 Å². The van der Waals surface area contributed by atoms with Gasteiger partial charge in [0.2, 0.25) is 0 Å². The van der Waals surface area contributed by atoms with E-state index < -0.39 is 24.4 Å². The third-order valence-corrected chi connectivity index (χ3v) is 6.78. The zero-order chi connectivity index (χ0) is 25.7. The van der Waals surface area contributed by atoms with Crippen molar-refractivity contribution in [3.63, 3.8) is 0 Å². The number of nitrogens with zero attached hydrogens (tertiary/aromatic N) is 2. The lowest BCUT2D eigenvalue weighted by atomic mass is 9.97. The lowest BCUT2D eigenvalue weighted by Crippen LogP contribution is -2.49. The van der Waals surface area contributed by atoms with Crippen LogP contribution in [0, 0.1) is 17.6 Å². The fourth-order valence-corrected chi connectivity index (χ4v) is 4.83. The molecule has 0 radical (unpaired) electrons. The van der Waals surface area contributed by atoms with Gasteiger partial charge in [-0.25, -0.2) is 13.2 Å². The maximum atomic E-state index is 13.4. The van der Waals surface area contributed by atoms with Crippen LogP contribution in [0.1, 0.15) is 18.2 Å². The summed E-state index contributed by atoms with van der Waals surface area (Å²) in [6, 6.07) is 11.7. The smallest absolute Gasteiger partial charge is 0.136 e. The van der Waals surface area contributed by atoms with Crippen molar-refractivity contribution >= 4 is 10.9 Å². The Hall–Kier alpha value is -2.62. The molecule has 9 heteroatoms. The predicted molar refractivity (Wildman–Crippen MR) is 132 cm³/mol. The van der Waals surface area contributed by atoms with Crippen molar-refractivity contribution in [2.75, 3.05) is 46.1 Å². The number of aromatic nitrogens is 1. The van der Waals surface area contributed by atoms with Gasteiger partial charge in [0.05, 0.1) is 13.3 Å². The highest BCUT2D eigenvalue weighted by Gasteiger charge is 2.27. The number of benzene rings is 2. The maximum Gasteiger partial charge on any atom is 0.136 e. The van der Waals surface area contributed by atoms with Crippen LogP contribution in [-0.2, 0) is 13.0 Å². The normalized spacial score (nSPS) is 19.3. The summed E-state index contributed by atoms with van der Waals surface area (Å²) >= 11 is 0. The molecule has 2 atom stereocenters. The first-order valence-corrected chi connectivity index (χ1v) is 12.3. The lowest BCUT2D eigenvalue weighted by molar-refractivity contribution is 0.0667. The number of aliphatic hydroxyl groups is 1. The Morgan fingerprint density at radius 2 is 1.86 bits per heavy atom. The molecule has 0 saturated carbocycles. The first-order chi connectivity index (χ1) is 17.4. The van der Waals surface area contributed by atoms with Crippen LogP contribution in [-0.4, -0.2) is 78.2 Å². The van der Waals surface area contributed by atoms with Crippen molar-refractivity contribution < 1.29 is 27.4 Å². The van der Waals surface area contributed by atoms with Crippen LogP contribution >= 0.6 is 0 Å². The zero-order valence-electron chi connectivity index (χ0n) is 20.4. The van der Waals surface area contributed by atoms with E-state index in [2.05, 4.69) is 35.0 Å². The average Bonchev–Trinajstić information content (AvgIpc) is 3.17. The molecule has 36 heavy (non-hydrogen) atoms. The molecule has 1 saturated heterocycles. The second kappa shape index (κ2) is 12.1. The van der Waals surface area contributed by atoms with E-state index in [-0.39, 0.29) is 18.3 Å². The Kier molecular flexibility index (Phi) is 8.87. The number of aliphatic hydroxyl groups excluding tert-OH is 1. The molecule has 2 N–H and O–H groups in total. The number of ether oxygens (including phenoxy) is 1. The molecule has 196 valence electrons. The van der Waals surface area contributed by atoms with Crippen molar-refractivity contribution in [1.29, 1.82) is 0 Å². The van der Waals surface area contributed by atoms with Gasteiger partial charge in [0, 0.05) is 79.5 Å². The lowest BCUT2D eigenvalue weighted by Gasteiger charge is -2.37. The fourth-order valence-electron chi connectivity index (χ4n) is 4.83. The van der Waals surface area contributed by atoms with E-state index in [1.807, 2.05) is 11.0 Å². The van der Waals surface area contributed by atoms with E-state index >= 15 is 0 Å². The second-order valence-electron chi connectivity index (χ2n) is 9.62. The van der Waals surface area contributed by atoms with Crippen molar-refractivity contribution in [2.24, 2.45) is 5.92 Å². The first-order valence-electron chi connectivity index (χ1n) is 12.3. The Morgan fingerprint density at radius 1 is 1.14 bits per heavy atom. The molecule has 2 aromatic carbocycles. The minimum absolute atomic E-state index is 0.140. The third-order valence-electron chi connectivity index (χ3n) is 6.78. The summed E-state index contributed by atoms with van der Waals surface area (Å²) in [5, 5.41) is 10.1. The number of H-pyrrole nitrogens is 1. The average molecular weight is 508 g/mol. The number of halogens is 4. The largest absolute Gasteiger partial charge is 0.492 e. The highest BCUT2D eigenvalue weighted by molar-refractivity contribution is 5.84. The molecule has 2 aliphatic heterocycles. The van der Waals surface area contributed by atoms with Crippen LogP contribution in [0.25, 0.3) is 10.9 Å². The molecule has 0 bridgehead atoms. The minimum atomic E-state index is -1.16. The van der Waals surface area contributed by atoms with Gasteiger partial charge in [-0.1, -0.05) is 18.2 Å². The number of para-hydroxylation sites is 1. The van der Waals surface area contributed by atoms with Crippen molar-refractivity contribution in [3.8, 4) is 5.75 Å². The van der Waals surface area contributed by atoms with Crippen LogP contribution in [0.15, 0.2) is 42.5 Å². The van der Waals surface area contributed by atoms with Gasteiger partial charge < -0.3 is 14.8 Å². The van der Waals surface area contributed by atoms with Crippen LogP contribution in [0.3, 0.4) is 0 Å². The maximum absolute atomic E-state index is 13.4. The number of alkyl halides is 2. The Bertz CT molecular complexity index is 1120. The minimum Gasteiger partial charge on any atom is -0.492 e. The quantitative estimate of drug-likeness (QED) is 0.442. The number of rotatable bonds is 8. The Labute approximate surface area is 208 Å². The SMILES string of the molecule is CC1Cc2c([nH]c3ccccc23)CN1CC(F)CO.FCC1CN(CCOc2cc(F)cc(F)c2)C1. The van der Waals surface area contributed by atoms with Gasteiger partial charge in [-0.3, -0.25) is 14.2 Å². The molecule has 2 unspecified atom stereocenters. The van der Waals surface area contributed by atoms with E-state index in [0.29, 0.717) is 25.7 Å². The van der Waals surface area contributed by atoms with Crippen LogP contribution in [0.4, 0.5) is 17.6 Å². The topological polar surface area (TPSA) is 51.7 Å². The van der Waals surface area contributed by atoms with Crippen LogP contribution in [0.5, 0.6) is 5.75 Å². The van der Waals surface area contributed by atoms with Gasteiger partial charge in [-0.05, 0) is 25.0 Å². The number of hydrogen-bond acceptors (Lipinski definition) is 4. The summed E-state index contributed by atoms with van der Waals surface area (Å²) < 4.78 is 56.4. The number of nitrogens with one attached hydrogen (secondary N) is 1. The second-order valence-corrected chi connectivity index (χ2v) is 9.62. The van der Waals surface area contributed by atoms with Crippen molar-refractivity contribution in [3.05, 3.63) is 65.4 Å². The summed E-state index contributed by atoms with van der Waals surface area (Å²) in [5.74, 6) is -0.977. The molecule has 3 heterocycles. The molecule has 5 rings (SSSR count). The highest BCUT2D eigenvalue weighted by Crippen LogP contribution is 2.30. The molecule has 0 spiro atoms. The predicted octanol–water partition coefficient (Wildman–Crippen LogP) is 4.49. The summed E-state index contributed by atoms with van der Waals surface area (Å²) in [5.41, 5.74) is 3.70. The van der Waals surface area contributed by atoms with Crippen molar-refractivity contribution in [1.82, 2.24) is 14.8 Å². The van der Waals surface area contributed by atoms with Gasteiger partial charge in [0.25, 0.3) is 0 Å². The number of likely N-dealkylation sites (tertiary alicyclic amines) is 1. The van der Waals surface area contributed by atoms with Gasteiger partial charge in [-0.2, -0.15) is 0 Å². The number of fused-ring (bicyclic) bond motifs is 3. The summed E-state index contributed by atoms with van der Waals surface area (Å²) in [7, 11) is 0. The van der Waals surface area contributed by atoms with Gasteiger partial charge in [0.15, 0.2) is 0 Å². The van der Waals surface area contributed by atoms with E-state index in [1.165, 1.54) is 16.6 Å².